The van der Waals surface area contributed by atoms with Crippen LogP contribution in [0.4, 0.5) is 5.69 Å². The van der Waals surface area contributed by atoms with Crippen molar-refractivity contribution in [1.82, 2.24) is 4.90 Å². The summed E-state index contributed by atoms with van der Waals surface area (Å²) in [7, 11) is 0. The van der Waals surface area contributed by atoms with Crippen LogP contribution >= 0.6 is 11.6 Å². The van der Waals surface area contributed by atoms with E-state index in [2.05, 4.69) is 0 Å². The Morgan fingerprint density at radius 3 is 2.72 bits per heavy atom. The van der Waals surface area contributed by atoms with Crippen molar-refractivity contribution in [3.05, 3.63) is 28.8 Å². The SMILES string of the molecule is CCN(C(=O)c1cccc(Cl)c1N)C1CCCC1. The van der Waals surface area contributed by atoms with Gasteiger partial charge in [-0.1, -0.05) is 30.5 Å². The van der Waals surface area contributed by atoms with Gasteiger partial charge >= 0.3 is 0 Å². The molecule has 1 aromatic rings. The number of rotatable bonds is 3. The summed E-state index contributed by atoms with van der Waals surface area (Å²) in [6.07, 6.45) is 4.61. The highest BCUT2D eigenvalue weighted by atomic mass is 35.5. The fraction of sp³-hybridized carbons (Fsp3) is 0.500. The summed E-state index contributed by atoms with van der Waals surface area (Å²) in [5.74, 6) is 0.00407. The number of anilines is 1. The van der Waals surface area contributed by atoms with Crippen LogP contribution in [0.15, 0.2) is 18.2 Å². The molecule has 1 aromatic carbocycles. The summed E-state index contributed by atoms with van der Waals surface area (Å²) in [5, 5.41) is 0.448. The number of nitrogen functional groups attached to an aromatic ring is 1. The number of hydrogen-bond donors (Lipinski definition) is 1. The first-order valence-corrected chi connectivity index (χ1v) is 6.88. The van der Waals surface area contributed by atoms with Crippen LogP contribution < -0.4 is 5.73 Å². The molecule has 0 aliphatic heterocycles. The summed E-state index contributed by atoms with van der Waals surface area (Å²) in [6.45, 7) is 2.73. The van der Waals surface area contributed by atoms with Gasteiger partial charge in [-0.3, -0.25) is 4.79 Å². The molecule has 0 radical (unpaired) electrons. The van der Waals surface area contributed by atoms with E-state index in [0.29, 0.717) is 22.3 Å². The van der Waals surface area contributed by atoms with E-state index in [0.717, 1.165) is 19.4 Å². The van der Waals surface area contributed by atoms with Crippen LogP contribution in [0.5, 0.6) is 0 Å². The van der Waals surface area contributed by atoms with Gasteiger partial charge in [-0.15, -0.1) is 0 Å². The van der Waals surface area contributed by atoms with E-state index in [1.165, 1.54) is 12.8 Å². The molecule has 0 aromatic heterocycles. The van der Waals surface area contributed by atoms with Crippen LogP contribution in [0.2, 0.25) is 5.02 Å². The highest BCUT2D eigenvalue weighted by Crippen LogP contribution is 2.28. The minimum Gasteiger partial charge on any atom is -0.397 e. The molecule has 2 rings (SSSR count). The Kier molecular flexibility index (Phi) is 4.12. The number of hydrogen-bond acceptors (Lipinski definition) is 2. The first-order valence-electron chi connectivity index (χ1n) is 6.50. The molecule has 0 spiro atoms. The van der Waals surface area contributed by atoms with E-state index < -0.39 is 0 Å². The fourth-order valence-corrected chi connectivity index (χ4v) is 2.84. The lowest BCUT2D eigenvalue weighted by Crippen LogP contribution is -2.38. The second-order valence-corrected chi connectivity index (χ2v) is 5.14. The number of para-hydroxylation sites is 1. The molecule has 0 saturated heterocycles. The van der Waals surface area contributed by atoms with Gasteiger partial charge < -0.3 is 10.6 Å². The van der Waals surface area contributed by atoms with E-state index in [1.807, 2.05) is 11.8 Å². The molecule has 0 atom stereocenters. The standard InChI is InChI=1S/C14H19ClN2O/c1-2-17(10-6-3-4-7-10)14(18)11-8-5-9-12(15)13(11)16/h5,8-10H,2-4,6-7,16H2,1H3. The van der Waals surface area contributed by atoms with Gasteiger partial charge in [0, 0.05) is 12.6 Å². The summed E-state index contributed by atoms with van der Waals surface area (Å²) in [6, 6.07) is 5.59. The number of halogens is 1. The second-order valence-electron chi connectivity index (χ2n) is 4.73. The van der Waals surface area contributed by atoms with Crippen molar-refractivity contribution in [3.63, 3.8) is 0 Å². The molecule has 0 heterocycles. The number of nitrogens with two attached hydrogens (primary N) is 1. The first kappa shape index (κ1) is 13.2. The zero-order valence-electron chi connectivity index (χ0n) is 10.7. The lowest BCUT2D eigenvalue weighted by atomic mass is 10.1. The van der Waals surface area contributed by atoms with Crippen LogP contribution in [0.25, 0.3) is 0 Å². The predicted molar refractivity (Wildman–Crippen MR) is 74.8 cm³/mol. The van der Waals surface area contributed by atoms with Crippen molar-refractivity contribution in [2.24, 2.45) is 0 Å². The van der Waals surface area contributed by atoms with Crippen LogP contribution in [-0.4, -0.2) is 23.4 Å². The van der Waals surface area contributed by atoms with E-state index in [9.17, 15) is 4.79 Å². The van der Waals surface area contributed by atoms with Crippen molar-refractivity contribution in [2.45, 2.75) is 38.6 Å². The van der Waals surface area contributed by atoms with Gasteiger partial charge in [0.05, 0.1) is 16.3 Å². The van der Waals surface area contributed by atoms with Crippen LogP contribution in [0, 0.1) is 0 Å². The van der Waals surface area contributed by atoms with Gasteiger partial charge in [0.15, 0.2) is 0 Å². The zero-order chi connectivity index (χ0) is 13.1. The highest BCUT2D eigenvalue weighted by Gasteiger charge is 2.27. The number of carbonyl (C=O) groups excluding carboxylic acids is 1. The molecule has 1 fully saturated rings. The normalized spacial score (nSPS) is 15.9. The number of benzene rings is 1. The Labute approximate surface area is 113 Å². The second kappa shape index (κ2) is 5.61. The molecule has 3 nitrogen and oxygen atoms in total. The molecule has 1 amide bonds. The average molecular weight is 267 g/mol. The lowest BCUT2D eigenvalue weighted by Gasteiger charge is -2.28. The molecule has 0 bridgehead atoms. The summed E-state index contributed by atoms with van der Waals surface area (Å²) < 4.78 is 0. The van der Waals surface area contributed by atoms with Gasteiger partial charge in [0.2, 0.25) is 0 Å². The molecule has 1 saturated carbocycles. The topological polar surface area (TPSA) is 46.3 Å². The molecule has 1 aliphatic rings. The van der Waals surface area contributed by atoms with Gasteiger partial charge in [-0.25, -0.2) is 0 Å². The third kappa shape index (κ3) is 2.46. The first-order chi connectivity index (χ1) is 8.65. The lowest BCUT2D eigenvalue weighted by molar-refractivity contribution is 0.0694. The van der Waals surface area contributed by atoms with Crippen LogP contribution in [-0.2, 0) is 0 Å². The minimum absolute atomic E-state index is 0.00407. The molecule has 2 N–H and O–H groups in total. The molecule has 18 heavy (non-hydrogen) atoms. The smallest absolute Gasteiger partial charge is 0.256 e. The molecule has 4 heteroatoms. The summed E-state index contributed by atoms with van der Waals surface area (Å²) in [4.78, 5) is 14.4. The largest absolute Gasteiger partial charge is 0.397 e. The van der Waals surface area contributed by atoms with Crippen molar-refractivity contribution >= 4 is 23.2 Å². The van der Waals surface area contributed by atoms with Gasteiger partial charge in [-0.05, 0) is 31.9 Å². The average Bonchev–Trinajstić information content (AvgIpc) is 2.87. The van der Waals surface area contributed by atoms with Gasteiger partial charge in [-0.2, -0.15) is 0 Å². The Hall–Kier alpha value is -1.22. The molecular weight excluding hydrogens is 248 g/mol. The van der Waals surface area contributed by atoms with Crippen molar-refractivity contribution < 1.29 is 4.79 Å². The molecule has 98 valence electrons. The maximum Gasteiger partial charge on any atom is 0.256 e. The Morgan fingerprint density at radius 1 is 1.44 bits per heavy atom. The maximum atomic E-state index is 12.5. The quantitative estimate of drug-likeness (QED) is 0.853. The predicted octanol–water partition coefficient (Wildman–Crippen LogP) is 3.33. The number of carbonyl (C=O) groups is 1. The van der Waals surface area contributed by atoms with E-state index in [-0.39, 0.29) is 5.91 Å². The molecule has 1 aliphatic carbocycles. The number of nitrogens with zero attached hydrogens (tertiary/aromatic N) is 1. The van der Waals surface area contributed by atoms with Crippen molar-refractivity contribution in [2.75, 3.05) is 12.3 Å². The van der Waals surface area contributed by atoms with Gasteiger partial charge in [0.25, 0.3) is 5.91 Å². The van der Waals surface area contributed by atoms with Crippen molar-refractivity contribution in [3.8, 4) is 0 Å². The minimum atomic E-state index is 0.00407. The van der Waals surface area contributed by atoms with E-state index in [4.69, 9.17) is 17.3 Å². The third-order valence-electron chi connectivity index (χ3n) is 3.65. The Morgan fingerprint density at radius 2 is 2.11 bits per heavy atom. The summed E-state index contributed by atoms with van der Waals surface area (Å²) >= 11 is 5.97. The molecular formula is C14H19ClN2O. The van der Waals surface area contributed by atoms with Gasteiger partial charge in [0.1, 0.15) is 0 Å². The monoisotopic (exact) mass is 266 g/mol. The Bertz CT molecular complexity index is 441. The number of amides is 1. The van der Waals surface area contributed by atoms with Crippen LogP contribution in [0.1, 0.15) is 43.0 Å². The van der Waals surface area contributed by atoms with Crippen molar-refractivity contribution in [1.29, 1.82) is 0 Å². The van der Waals surface area contributed by atoms with E-state index >= 15 is 0 Å². The molecule has 0 unspecified atom stereocenters. The highest BCUT2D eigenvalue weighted by molar-refractivity contribution is 6.33. The van der Waals surface area contributed by atoms with E-state index in [1.54, 1.807) is 18.2 Å². The fourth-order valence-electron chi connectivity index (χ4n) is 2.66. The summed E-state index contributed by atoms with van der Waals surface area (Å²) in [5.41, 5.74) is 6.81. The third-order valence-corrected chi connectivity index (χ3v) is 3.98. The van der Waals surface area contributed by atoms with Crippen LogP contribution in [0.3, 0.4) is 0 Å². The zero-order valence-corrected chi connectivity index (χ0v) is 11.4. The maximum absolute atomic E-state index is 12.5. The Balaban J connectivity index is 2.25.